The van der Waals surface area contributed by atoms with E-state index >= 15 is 0 Å². The molecule has 5 nitrogen and oxygen atoms in total. The van der Waals surface area contributed by atoms with Crippen molar-refractivity contribution >= 4 is 0 Å². The number of rotatable bonds is 5. The lowest BCUT2D eigenvalue weighted by atomic mass is 10.2. The van der Waals surface area contributed by atoms with Gasteiger partial charge in [0.1, 0.15) is 19.3 Å². The van der Waals surface area contributed by atoms with Crippen molar-refractivity contribution < 1.29 is 9.78 Å². The zero-order valence-electron chi connectivity index (χ0n) is 9.04. The predicted octanol–water partition coefficient (Wildman–Crippen LogP) is 1.74. The molecule has 1 aromatic heterocycles. The summed E-state index contributed by atoms with van der Waals surface area (Å²) < 4.78 is 1.84. The van der Waals surface area contributed by atoms with Crippen LogP contribution in [0.3, 0.4) is 0 Å². The molecule has 0 radical (unpaired) electrons. The van der Waals surface area contributed by atoms with Gasteiger partial charge in [0, 0.05) is 5.69 Å². The van der Waals surface area contributed by atoms with Crippen LogP contribution in [0.2, 0.25) is 0 Å². The summed E-state index contributed by atoms with van der Waals surface area (Å²) in [4.78, 5) is 9.78. The molecule has 0 aliphatic heterocycles. The van der Waals surface area contributed by atoms with E-state index in [0.717, 1.165) is 11.3 Å². The van der Waals surface area contributed by atoms with E-state index < -0.39 is 0 Å². The fraction of sp³-hybridized carbons (Fsp3) is 0.273. The molecule has 0 N–H and O–H groups in total. The van der Waals surface area contributed by atoms with Crippen molar-refractivity contribution in [3.8, 4) is 5.69 Å². The summed E-state index contributed by atoms with van der Waals surface area (Å²) in [5, 5.41) is 7.50. The van der Waals surface area contributed by atoms with E-state index in [1.807, 2.05) is 35.8 Å². The summed E-state index contributed by atoms with van der Waals surface area (Å²) >= 11 is 0. The van der Waals surface area contributed by atoms with Gasteiger partial charge < -0.3 is 0 Å². The second-order valence-electron chi connectivity index (χ2n) is 3.20. The van der Waals surface area contributed by atoms with Gasteiger partial charge in [-0.1, -0.05) is 12.1 Å². The first-order valence-electron chi connectivity index (χ1n) is 5.08. The van der Waals surface area contributed by atoms with Crippen LogP contribution >= 0.6 is 0 Å². The second kappa shape index (κ2) is 5.39. The summed E-state index contributed by atoms with van der Waals surface area (Å²) in [6.45, 7) is 2.89. The van der Waals surface area contributed by atoms with Gasteiger partial charge in [0.2, 0.25) is 0 Å². The summed E-state index contributed by atoms with van der Waals surface area (Å²) in [5.74, 6) is 0. The molecule has 84 valence electrons. The molecule has 1 aromatic carbocycles. The molecule has 0 aliphatic rings. The third-order valence-corrected chi connectivity index (χ3v) is 2.08. The van der Waals surface area contributed by atoms with E-state index in [2.05, 4.69) is 10.2 Å². The minimum absolute atomic E-state index is 0.455. The lowest BCUT2D eigenvalue weighted by Gasteiger charge is -2.04. The van der Waals surface area contributed by atoms with E-state index in [4.69, 9.17) is 9.78 Å². The quantitative estimate of drug-likeness (QED) is 0.436. The van der Waals surface area contributed by atoms with Crippen molar-refractivity contribution in [2.45, 2.75) is 13.5 Å². The Morgan fingerprint density at radius 3 is 2.38 bits per heavy atom. The smallest absolute Gasteiger partial charge is 0.123 e. The van der Waals surface area contributed by atoms with Gasteiger partial charge in [0.25, 0.3) is 0 Å². The average Bonchev–Trinajstić information content (AvgIpc) is 2.84. The Balaban J connectivity index is 2.00. The third kappa shape index (κ3) is 2.65. The zero-order valence-corrected chi connectivity index (χ0v) is 9.04. The van der Waals surface area contributed by atoms with Crippen LogP contribution < -0.4 is 0 Å². The number of hydrogen-bond donors (Lipinski definition) is 0. The normalized spacial score (nSPS) is 10.6. The van der Waals surface area contributed by atoms with Gasteiger partial charge >= 0.3 is 0 Å². The predicted molar refractivity (Wildman–Crippen MR) is 57.8 cm³/mol. The first-order chi connectivity index (χ1) is 7.90. The average molecular weight is 219 g/mol. The molecule has 0 bridgehead atoms. The van der Waals surface area contributed by atoms with Crippen LogP contribution in [-0.2, 0) is 16.4 Å². The lowest BCUT2D eigenvalue weighted by Crippen LogP contribution is -1.95. The summed E-state index contributed by atoms with van der Waals surface area (Å²) in [6, 6.07) is 7.92. The maximum atomic E-state index is 4.97. The number of hydrogen-bond acceptors (Lipinski definition) is 4. The molecule has 0 fully saturated rings. The van der Waals surface area contributed by atoms with Gasteiger partial charge in [-0.3, -0.25) is 4.57 Å². The van der Waals surface area contributed by atoms with Gasteiger partial charge in [-0.15, -0.1) is 10.2 Å². The van der Waals surface area contributed by atoms with Crippen LogP contribution in [0, 0.1) is 0 Å². The molecule has 0 unspecified atom stereocenters. The fourth-order valence-corrected chi connectivity index (χ4v) is 1.29. The molecule has 0 aliphatic carbocycles. The molecule has 0 amide bonds. The molecule has 2 rings (SSSR count). The van der Waals surface area contributed by atoms with E-state index in [0.29, 0.717) is 13.2 Å². The largest absolute Gasteiger partial charge is 0.288 e. The van der Waals surface area contributed by atoms with Gasteiger partial charge in [-0.05, 0) is 24.6 Å². The second-order valence-corrected chi connectivity index (χ2v) is 3.20. The van der Waals surface area contributed by atoms with Crippen molar-refractivity contribution in [2.75, 3.05) is 6.61 Å². The Hall–Kier alpha value is -1.72. The van der Waals surface area contributed by atoms with Crippen molar-refractivity contribution in [3.63, 3.8) is 0 Å². The van der Waals surface area contributed by atoms with Crippen LogP contribution in [0.5, 0.6) is 0 Å². The summed E-state index contributed by atoms with van der Waals surface area (Å²) in [7, 11) is 0. The van der Waals surface area contributed by atoms with E-state index in [1.54, 1.807) is 12.7 Å². The van der Waals surface area contributed by atoms with Gasteiger partial charge in [0.05, 0.1) is 6.61 Å². The monoisotopic (exact) mass is 219 g/mol. The molecule has 0 spiro atoms. The Morgan fingerprint density at radius 2 is 1.75 bits per heavy atom. The highest BCUT2D eigenvalue weighted by Crippen LogP contribution is 2.09. The SMILES string of the molecule is CCOOCc1ccc(-n2cnnc2)cc1. The van der Waals surface area contributed by atoms with Gasteiger partial charge in [0.15, 0.2) is 0 Å². The molecule has 0 atom stereocenters. The highest BCUT2D eigenvalue weighted by molar-refractivity contribution is 5.33. The lowest BCUT2D eigenvalue weighted by molar-refractivity contribution is -0.300. The minimum Gasteiger partial charge on any atom is -0.288 e. The molecule has 5 heteroatoms. The van der Waals surface area contributed by atoms with E-state index in [-0.39, 0.29) is 0 Å². The Labute approximate surface area is 93.6 Å². The first-order valence-corrected chi connectivity index (χ1v) is 5.08. The standard InChI is InChI=1S/C11H13N3O2/c1-2-15-16-7-10-3-5-11(6-4-10)14-8-12-13-9-14/h3-6,8-9H,2,7H2,1H3. The molecule has 0 saturated heterocycles. The molecule has 16 heavy (non-hydrogen) atoms. The van der Waals surface area contributed by atoms with Crippen molar-refractivity contribution in [1.29, 1.82) is 0 Å². The molecular weight excluding hydrogens is 206 g/mol. The van der Waals surface area contributed by atoms with Gasteiger partial charge in [-0.25, -0.2) is 9.78 Å². The molecular formula is C11H13N3O2. The van der Waals surface area contributed by atoms with Crippen molar-refractivity contribution in [2.24, 2.45) is 0 Å². The van der Waals surface area contributed by atoms with Crippen LogP contribution in [-0.4, -0.2) is 21.4 Å². The highest BCUT2D eigenvalue weighted by atomic mass is 17.2. The van der Waals surface area contributed by atoms with Crippen molar-refractivity contribution in [1.82, 2.24) is 14.8 Å². The summed E-state index contributed by atoms with van der Waals surface area (Å²) in [5.41, 5.74) is 2.08. The fourth-order valence-electron chi connectivity index (χ4n) is 1.29. The minimum atomic E-state index is 0.455. The zero-order chi connectivity index (χ0) is 11.2. The third-order valence-electron chi connectivity index (χ3n) is 2.08. The molecule has 2 aromatic rings. The highest BCUT2D eigenvalue weighted by Gasteiger charge is 1.97. The maximum Gasteiger partial charge on any atom is 0.123 e. The van der Waals surface area contributed by atoms with Crippen LogP contribution in [0.1, 0.15) is 12.5 Å². The van der Waals surface area contributed by atoms with Gasteiger partial charge in [-0.2, -0.15) is 0 Å². The number of benzene rings is 1. The maximum absolute atomic E-state index is 4.97. The Morgan fingerprint density at radius 1 is 1.06 bits per heavy atom. The van der Waals surface area contributed by atoms with E-state index in [9.17, 15) is 0 Å². The Bertz CT molecular complexity index is 411. The van der Waals surface area contributed by atoms with Crippen molar-refractivity contribution in [3.05, 3.63) is 42.5 Å². The topological polar surface area (TPSA) is 49.2 Å². The Kier molecular flexibility index (Phi) is 3.63. The first kappa shape index (κ1) is 10.8. The van der Waals surface area contributed by atoms with E-state index in [1.165, 1.54) is 0 Å². The summed E-state index contributed by atoms with van der Waals surface area (Å²) in [6.07, 6.45) is 3.32. The molecule has 1 heterocycles. The van der Waals surface area contributed by atoms with Crippen LogP contribution in [0.25, 0.3) is 5.69 Å². The number of nitrogens with zero attached hydrogens (tertiary/aromatic N) is 3. The molecule has 0 saturated carbocycles. The van der Waals surface area contributed by atoms with Crippen LogP contribution in [0.15, 0.2) is 36.9 Å². The number of aromatic nitrogens is 3. The van der Waals surface area contributed by atoms with Crippen LogP contribution in [0.4, 0.5) is 0 Å².